The van der Waals surface area contributed by atoms with E-state index < -0.39 is 11.5 Å². The van der Waals surface area contributed by atoms with Gasteiger partial charge in [-0.05, 0) is 37.0 Å². The molecule has 2 aromatic rings. The van der Waals surface area contributed by atoms with Gasteiger partial charge in [0, 0.05) is 40.8 Å². The van der Waals surface area contributed by atoms with Crippen molar-refractivity contribution in [1.29, 1.82) is 0 Å². The van der Waals surface area contributed by atoms with Crippen molar-refractivity contribution in [3.63, 3.8) is 0 Å². The van der Waals surface area contributed by atoms with Crippen LogP contribution in [0.3, 0.4) is 0 Å². The molecule has 0 radical (unpaired) electrons. The summed E-state index contributed by atoms with van der Waals surface area (Å²) in [4.78, 5) is 23.4. The van der Waals surface area contributed by atoms with Crippen LogP contribution in [-0.2, 0) is 11.2 Å². The third kappa shape index (κ3) is 4.20. The largest absolute Gasteiger partial charge is 0.396 e. The van der Waals surface area contributed by atoms with E-state index in [1.165, 1.54) is 16.2 Å². The Balaban J connectivity index is 1.68. The van der Waals surface area contributed by atoms with Crippen LogP contribution in [0.5, 0.6) is 0 Å². The van der Waals surface area contributed by atoms with Crippen molar-refractivity contribution in [2.75, 3.05) is 23.8 Å². The Labute approximate surface area is 197 Å². The van der Waals surface area contributed by atoms with Crippen LogP contribution in [0.25, 0.3) is 0 Å². The second kappa shape index (κ2) is 9.37. The summed E-state index contributed by atoms with van der Waals surface area (Å²) >= 11 is 3.07. The van der Waals surface area contributed by atoms with Crippen LogP contribution in [0, 0.1) is 16.7 Å². The predicted molar refractivity (Wildman–Crippen MR) is 129 cm³/mol. The highest BCUT2D eigenvalue weighted by Gasteiger charge is 2.59. The first-order valence-electron chi connectivity index (χ1n) is 11.5. The number of hydrogen-bond acceptors (Lipinski definition) is 8. The molecule has 176 valence electrons. The van der Waals surface area contributed by atoms with Gasteiger partial charge in [0.1, 0.15) is 0 Å². The van der Waals surface area contributed by atoms with Gasteiger partial charge in [0.05, 0.1) is 18.4 Å². The SMILES string of the molecule is CCCCNc1nc2c(s1)CC1C(C)(CO)C(O)CCC1(C)C2CC(=O)Nc1nccs1. The van der Waals surface area contributed by atoms with E-state index in [-0.39, 0.29) is 29.8 Å². The molecule has 0 aromatic carbocycles. The number of aliphatic hydroxyl groups excluding tert-OH is 2. The smallest absolute Gasteiger partial charge is 0.226 e. The number of fused-ring (bicyclic) bond motifs is 2. The maximum absolute atomic E-state index is 13.0. The monoisotopic (exact) mass is 478 g/mol. The van der Waals surface area contributed by atoms with Gasteiger partial charge in [-0.15, -0.1) is 22.7 Å². The standard InChI is InChI=1S/C23H34N4O3S2/c1-4-5-8-24-21-27-19-14(11-18(30)26-20-25-9-10-31-20)22(2)7-6-17(29)23(3,13-28)16(22)12-15(19)32-21/h9-10,14,16-17,28-29H,4-8,11-13H2,1-3H3,(H,24,27)(H,25,26,30). The van der Waals surface area contributed by atoms with Crippen molar-refractivity contribution in [3.8, 4) is 0 Å². The summed E-state index contributed by atoms with van der Waals surface area (Å²) in [6.07, 6.45) is 5.85. The number of nitrogens with one attached hydrogen (secondary N) is 2. The van der Waals surface area contributed by atoms with E-state index >= 15 is 0 Å². The molecule has 2 aliphatic rings. The number of anilines is 2. The fraction of sp³-hybridized carbons (Fsp3) is 0.696. The number of rotatable bonds is 8. The summed E-state index contributed by atoms with van der Waals surface area (Å²) in [5.74, 6) is -0.0755. The van der Waals surface area contributed by atoms with E-state index in [9.17, 15) is 15.0 Å². The van der Waals surface area contributed by atoms with Crippen LogP contribution >= 0.6 is 22.7 Å². The number of carbonyl (C=O) groups excluding carboxylic acids is 1. The van der Waals surface area contributed by atoms with Gasteiger partial charge in [-0.2, -0.15) is 0 Å². The first-order valence-corrected chi connectivity index (χ1v) is 13.2. The molecule has 0 spiro atoms. The molecule has 32 heavy (non-hydrogen) atoms. The topological polar surface area (TPSA) is 107 Å². The zero-order valence-electron chi connectivity index (χ0n) is 19.1. The number of thiazole rings is 2. The number of amides is 1. The molecule has 0 bridgehead atoms. The van der Waals surface area contributed by atoms with E-state index in [0.717, 1.165) is 43.1 Å². The molecular weight excluding hydrogens is 444 g/mol. The van der Waals surface area contributed by atoms with Crippen LogP contribution in [0.15, 0.2) is 11.6 Å². The maximum atomic E-state index is 13.0. The van der Waals surface area contributed by atoms with Gasteiger partial charge in [0.2, 0.25) is 5.91 Å². The summed E-state index contributed by atoms with van der Waals surface area (Å²) in [6, 6.07) is 0. The Kier molecular flexibility index (Phi) is 6.91. The van der Waals surface area contributed by atoms with Crippen LogP contribution in [-0.4, -0.2) is 45.3 Å². The number of nitrogens with zero attached hydrogens (tertiary/aromatic N) is 2. The number of hydrogen-bond donors (Lipinski definition) is 4. The van der Waals surface area contributed by atoms with Crippen molar-refractivity contribution in [2.24, 2.45) is 16.7 Å². The first-order chi connectivity index (χ1) is 15.3. The molecule has 1 fully saturated rings. The predicted octanol–water partition coefficient (Wildman–Crippen LogP) is 4.26. The van der Waals surface area contributed by atoms with Crippen molar-refractivity contribution in [1.82, 2.24) is 9.97 Å². The Hall–Kier alpha value is -1.55. The van der Waals surface area contributed by atoms with Gasteiger partial charge >= 0.3 is 0 Å². The molecule has 5 unspecified atom stereocenters. The molecule has 1 amide bonds. The zero-order valence-corrected chi connectivity index (χ0v) is 20.7. The molecule has 5 atom stereocenters. The van der Waals surface area contributed by atoms with E-state index in [4.69, 9.17) is 4.98 Å². The highest BCUT2D eigenvalue weighted by molar-refractivity contribution is 7.15. The molecule has 2 heterocycles. The molecule has 4 rings (SSSR count). The van der Waals surface area contributed by atoms with Gasteiger partial charge in [0.15, 0.2) is 10.3 Å². The first kappa shape index (κ1) is 23.6. The molecule has 9 heteroatoms. The fourth-order valence-corrected chi connectivity index (χ4v) is 7.37. The average Bonchev–Trinajstić information content (AvgIpc) is 3.42. The maximum Gasteiger partial charge on any atom is 0.226 e. The molecule has 7 nitrogen and oxygen atoms in total. The van der Waals surface area contributed by atoms with Gasteiger partial charge in [-0.25, -0.2) is 9.97 Å². The molecule has 4 N–H and O–H groups in total. The van der Waals surface area contributed by atoms with Gasteiger partial charge in [-0.1, -0.05) is 27.2 Å². The van der Waals surface area contributed by atoms with Gasteiger partial charge in [0.25, 0.3) is 0 Å². The quantitative estimate of drug-likeness (QED) is 0.423. The van der Waals surface area contributed by atoms with Crippen molar-refractivity contribution in [3.05, 3.63) is 22.1 Å². The molecule has 0 saturated heterocycles. The highest BCUT2D eigenvalue weighted by Crippen LogP contribution is 2.62. The van der Waals surface area contributed by atoms with Crippen molar-refractivity contribution >= 4 is 38.8 Å². The summed E-state index contributed by atoms with van der Waals surface area (Å²) in [5, 5.41) is 30.9. The van der Waals surface area contributed by atoms with Gasteiger partial charge < -0.3 is 20.8 Å². The Bertz CT molecular complexity index is 934. The third-order valence-corrected chi connectivity index (χ3v) is 9.51. The Morgan fingerprint density at radius 2 is 2.16 bits per heavy atom. The van der Waals surface area contributed by atoms with Crippen molar-refractivity contribution < 1.29 is 15.0 Å². The second-order valence-electron chi connectivity index (χ2n) is 9.73. The molecule has 0 aliphatic heterocycles. The van der Waals surface area contributed by atoms with Crippen LogP contribution in [0.2, 0.25) is 0 Å². The van der Waals surface area contributed by atoms with Crippen LogP contribution < -0.4 is 10.6 Å². The van der Waals surface area contributed by atoms with E-state index in [2.05, 4.69) is 29.5 Å². The molecule has 1 saturated carbocycles. The normalized spacial score (nSPS) is 31.6. The fourth-order valence-electron chi connectivity index (χ4n) is 5.73. The summed E-state index contributed by atoms with van der Waals surface area (Å²) in [5.41, 5.74) is 0.173. The summed E-state index contributed by atoms with van der Waals surface area (Å²) < 4.78 is 0. The van der Waals surface area contributed by atoms with E-state index in [0.29, 0.717) is 18.0 Å². The van der Waals surface area contributed by atoms with Gasteiger partial charge in [-0.3, -0.25) is 4.79 Å². The lowest BCUT2D eigenvalue weighted by Crippen LogP contribution is -2.57. The van der Waals surface area contributed by atoms with Crippen LogP contribution in [0.1, 0.15) is 69.4 Å². The molecule has 2 aliphatic carbocycles. The van der Waals surface area contributed by atoms with Crippen molar-refractivity contribution in [2.45, 2.75) is 71.3 Å². The van der Waals surface area contributed by atoms with E-state index in [1.54, 1.807) is 17.5 Å². The molecule has 2 aromatic heterocycles. The lowest BCUT2D eigenvalue weighted by atomic mass is 9.47. The van der Waals surface area contributed by atoms with Crippen LogP contribution in [0.4, 0.5) is 10.3 Å². The summed E-state index contributed by atoms with van der Waals surface area (Å²) in [6.45, 7) is 7.20. The molecular formula is C23H34N4O3S2. The Morgan fingerprint density at radius 3 is 2.84 bits per heavy atom. The lowest BCUT2D eigenvalue weighted by Gasteiger charge is -2.58. The average molecular weight is 479 g/mol. The zero-order chi connectivity index (χ0) is 22.9. The number of aliphatic hydroxyl groups is 2. The number of unbranched alkanes of at least 4 members (excludes halogenated alkanes) is 1. The highest BCUT2D eigenvalue weighted by atomic mass is 32.1. The minimum absolute atomic E-state index is 0.0666. The van der Waals surface area contributed by atoms with E-state index in [1.807, 2.05) is 12.3 Å². The third-order valence-electron chi connectivity index (χ3n) is 7.77. The second-order valence-corrected chi connectivity index (χ2v) is 11.7. The number of carbonyl (C=O) groups is 1. The number of aromatic nitrogens is 2. The Morgan fingerprint density at radius 1 is 1.34 bits per heavy atom. The summed E-state index contributed by atoms with van der Waals surface area (Å²) in [7, 11) is 0. The minimum Gasteiger partial charge on any atom is -0.396 e. The lowest BCUT2D eigenvalue weighted by molar-refractivity contribution is -0.143. The minimum atomic E-state index is -0.603.